The average Bonchev–Trinajstić information content (AvgIpc) is 2.60. The molecule has 5 heteroatoms. The Hall–Kier alpha value is -2.40. The minimum Gasteiger partial charge on any atom is -0.466 e. The minimum atomic E-state index is -0.419. The van der Waals surface area contributed by atoms with Crippen molar-refractivity contribution >= 4 is 11.8 Å². The predicted molar refractivity (Wildman–Crippen MR) is 102 cm³/mol. The summed E-state index contributed by atoms with van der Waals surface area (Å²) in [4.78, 5) is 25.3. The third kappa shape index (κ3) is 4.14. The summed E-state index contributed by atoms with van der Waals surface area (Å²) >= 11 is 0. The molecule has 1 heterocycles. The van der Waals surface area contributed by atoms with E-state index in [0.717, 1.165) is 23.4 Å². The van der Waals surface area contributed by atoms with Gasteiger partial charge in [0.2, 0.25) is 0 Å². The molecule has 1 aromatic rings. The second-order valence-electron chi connectivity index (χ2n) is 8.04. The average molecular weight is 369 g/mol. The van der Waals surface area contributed by atoms with Crippen LogP contribution in [0.1, 0.15) is 39.2 Å². The lowest BCUT2D eigenvalue weighted by Gasteiger charge is -2.39. The molecule has 0 radical (unpaired) electrons. The molecular weight excluding hydrogens is 342 g/mol. The molecule has 0 amide bonds. The first-order chi connectivity index (χ1) is 12.8. The molecule has 1 aliphatic heterocycles. The zero-order valence-corrected chi connectivity index (χ0v) is 16.4. The zero-order chi connectivity index (χ0) is 19.6. The highest BCUT2D eigenvalue weighted by Gasteiger charge is 2.42. The van der Waals surface area contributed by atoms with Crippen LogP contribution >= 0.6 is 0 Å². The maximum atomic E-state index is 12.9. The first kappa shape index (κ1) is 19.4. The van der Waals surface area contributed by atoms with Crippen LogP contribution in [0.25, 0.3) is 0 Å². The number of benzene rings is 1. The Bertz CT molecular complexity index is 805. The predicted octanol–water partition coefficient (Wildman–Crippen LogP) is 3.51. The third-order valence-electron chi connectivity index (χ3n) is 5.16. The second-order valence-corrected chi connectivity index (χ2v) is 8.04. The Labute approximate surface area is 160 Å². The maximum Gasteiger partial charge on any atom is 0.336 e. The molecule has 0 bridgehead atoms. The number of nitrogens with one attached hydrogen (secondary N) is 1. The third-order valence-corrected chi connectivity index (χ3v) is 5.16. The van der Waals surface area contributed by atoms with Crippen molar-refractivity contribution in [3.8, 4) is 0 Å². The summed E-state index contributed by atoms with van der Waals surface area (Å²) in [6.07, 6.45) is 1.24. The van der Waals surface area contributed by atoms with Crippen molar-refractivity contribution in [2.75, 3.05) is 13.7 Å². The molecular formula is C22H27NO4. The van der Waals surface area contributed by atoms with Gasteiger partial charge in [-0.25, -0.2) is 4.79 Å². The highest BCUT2D eigenvalue weighted by Crippen LogP contribution is 2.43. The first-order valence-electron chi connectivity index (χ1n) is 9.26. The molecule has 144 valence electrons. The number of methoxy groups -OCH3 is 1. The topological polar surface area (TPSA) is 64.6 Å². The molecule has 0 fully saturated rings. The van der Waals surface area contributed by atoms with Crippen molar-refractivity contribution in [1.82, 2.24) is 5.32 Å². The summed E-state index contributed by atoms with van der Waals surface area (Å²) in [5.41, 5.74) is 3.76. The molecule has 0 saturated heterocycles. The molecule has 27 heavy (non-hydrogen) atoms. The number of dihydropyridines is 1. The van der Waals surface area contributed by atoms with Gasteiger partial charge in [0.15, 0.2) is 5.78 Å². The number of ketones is 1. The summed E-state index contributed by atoms with van der Waals surface area (Å²) in [6.45, 7) is 6.73. The number of hydrogen-bond acceptors (Lipinski definition) is 5. The summed E-state index contributed by atoms with van der Waals surface area (Å²) < 4.78 is 10.9. The van der Waals surface area contributed by atoms with Gasteiger partial charge in [-0.15, -0.1) is 0 Å². The van der Waals surface area contributed by atoms with E-state index in [9.17, 15) is 9.59 Å². The van der Waals surface area contributed by atoms with E-state index in [1.165, 1.54) is 7.11 Å². The zero-order valence-electron chi connectivity index (χ0n) is 16.4. The molecule has 0 spiro atoms. The Balaban J connectivity index is 1.88. The largest absolute Gasteiger partial charge is 0.466 e. The van der Waals surface area contributed by atoms with Crippen LogP contribution in [0.5, 0.6) is 0 Å². The van der Waals surface area contributed by atoms with Gasteiger partial charge in [-0.3, -0.25) is 4.79 Å². The van der Waals surface area contributed by atoms with Crippen molar-refractivity contribution in [3.63, 3.8) is 0 Å². The maximum absolute atomic E-state index is 12.9. The number of carbonyl (C=O) groups is 2. The molecule has 3 rings (SSSR count). The second kappa shape index (κ2) is 7.69. The number of allylic oxidation sites excluding steroid dienone is 2. The van der Waals surface area contributed by atoms with Crippen molar-refractivity contribution in [2.45, 2.75) is 40.2 Å². The van der Waals surface area contributed by atoms with Gasteiger partial charge in [-0.2, -0.15) is 0 Å². The highest BCUT2D eigenvalue weighted by molar-refractivity contribution is 6.02. The van der Waals surface area contributed by atoms with Crippen molar-refractivity contribution in [2.24, 2.45) is 11.3 Å². The Morgan fingerprint density at radius 1 is 1.22 bits per heavy atom. The molecule has 2 aliphatic rings. The molecule has 1 aromatic carbocycles. The van der Waals surface area contributed by atoms with Crippen LogP contribution in [0.3, 0.4) is 0 Å². The van der Waals surface area contributed by atoms with Crippen LogP contribution in [0.2, 0.25) is 0 Å². The molecule has 5 nitrogen and oxygen atoms in total. The molecule has 1 atom stereocenters. The van der Waals surface area contributed by atoms with Crippen molar-refractivity contribution < 1.29 is 19.1 Å². The minimum absolute atomic E-state index is 0.0796. The number of rotatable bonds is 5. The van der Waals surface area contributed by atoms with E-state index in [-0.39, 0.29) is 17.8 Å². The number of esters is 1. The Kier molecular flexibility index (Phi) is 5.51. The summed E-state index contributed by atoms with van der Waals surface area (Å²) in [5.74, 6) is -0.741. The van der Waals surface area contributed by atoms with Crippen LogP contribution in [0, 0.1) is 11.3 Å². The lowest BCUT2D eigenvalue weighted by atomic mass is 9.70. The molecule has 1 N–H and O–H groups in total. The fraction of sp³-hybridized carbons (Fsp3) is 0.455. The lowest BCUT2D eigenvalue weighted by Crippen LogP contribution is -2.40. The molecule has 0 aromatic heterocycles. The van der Waals surface area contributed by atoms with Gasteiger partial charge < -0.3 is 14.8 Å². The number of ether oxygens (including phenoxy) is 2. The Morgan fingerprint density at radius 2 is 1.93 bits per heavy atom. The fourth-order valence-corrected chi connectivity index (χ4v) is 3.99. The smallest absolute Gasteiger partial charge is 0.336 e. The van der Waals surface area contributed by atoms with Gasteiger partial charge >= 0.3 is 5.97 Å². The quantitative estimate of drug-likeness (QED) is 0.805. The van der Waals surface area contributed by atoms with E-state index in [2.05, 4.69) is 19.2 Å². The van der Waals surface area contributed by atoms with E-state index in [1.54, 1.807) is 0 Å². The number of hydrogen-bond donors (Lipinski definition) is 1. The first-order valence-corrected chi connectivity index (χ1v) is 9.26. The van der Waals surface area contributed by atoms with E-state index in [1.807, 2.05) is 37.3 Å². The Morgan fingerprint density at radius 3 is 2.59 bits per heavy atom. The van der Waals surface area contributed by atoms with Crippen LogP contribution in [-0.2, 0) is 25.7 Å². The summed E-state index contributed by atoms with van der Waals surface area (Å²) in [5, 5.41) is 3.29. The van der Waals surface area contributed by atoms with Crippen LogP contribution in [-0.4, -0.2) is 25.5 Å². The number of Topliss-reactive ketones (excluding diaryl/α,β-unsaturated/α-hetero) is 1. The standard InChI is InChI=1S/C22H27NO4/c1-14-19(21(25)26-4)16(13-27-12-15-8-6-5-7-9-15)20-17(23-14)10-22(2,3)11-18(20)24/h5-9,16,23H,10-13H2,1-4H3/t16-/m1/s1. The van der Waals surface area contributed by atoms with Gasteiger partial charge in [-0.05, 0) is 24.3 Å². The normalized spacial score (nSPS) is 21.6. The van der Waals surface area contributed by atoms with Crippen LogP contribution < -0.4 is 5.32 Å². The lowest BCUT2D eigenvalue weighted by molar-refractivity contribution is -0.137. The van der Waals surface area contributed by atoms with Crippen LogP contribution in [0.15, 0.2) is 52.9 Å². The van der Waals surface area contributed by atoms with Gasteiger partial charge in [0.1, 0.15) is 0 Å². The van der Waals surface area contributed by atoms with Gasteiger partial charge in [0, 0.05) is 29.3 Å². The summed E-state index contributed by atoms with van der Waals surface area (Å²) in [7, 11) is 1.36. The van der Waals surface area contributed by atoms with Crippen molar-refractivity contribution in [3.05, 3.63) is 58.4 Å². The fourth-order valence-electron chi connectivity index (χ4n) is 3.99. The highest BCUT2D eigenvalue weighted by atomic mass is 16.5. The molecule has 1 aliphatic carbocycles. The van der Waals surface area contributed by atoms with E-state index in [4.69, 9.17) is 9.47 Å². The number of carbonyl (C=O) groups excluding carboxylic acids is 2. The van der Waals surface area contributed by atoms with E-state index >= 15 is 0 Å². The van der Waals surface area contributed by atoms with Gasteiger partial charge in [0.25, 0.3) is 0 Å². The van der Waals surface area contributed by atoms with Crippen molar-refractivity contribution in [1.29, 1.82) is 0 Å². The van der Waals surface area contributed by atoms with Gasteiger partial charge in [-0.1, -0.05) is 44.2 Å². The van der Waals surface area contributed by atoms with Gasteiger partial charge in [0.05, 0.1) is 25.9 Å². The SMILES string of the molecule is COC(=O)C1=C(C)NC2=C(C(=O)CC(C)(C)C2)[C@@H]1COCc1ccccc1. The molecule has 0 unspecified atom stereocenters. The molecule has 0 saturated carbocycles. The van der Waals surface area contributed by atoms with Crippen LogP contribution in [0.4, 0.5) is 0 Å². The monoisotopic (exact) mass is 369 g/mol. The summed E-state index contributed by atoms with van der Waals surface area (Å²) in [6, 6.07) is 9.85. The van der Waals surface area contributed by atoms with E-state index < -0.39 is 11.9 Å². The van der Waals surface area contributed by atoms with E-state index in [0.29, 0.717) is 24.2 Å².